The predicted molar refractivity (Wildman–Crippen MR) is 124 cm³/mol. The molecule has 0 aliphatic rings. The summed E-state index contributed by atoms with van der Waals surface area (Å²) in [6.45, 7) is 2.32. The maximum Gasteiger partial charge on any atom is 0.191 e. The van der Waals surface area contributed by atoms with Crippen molar-refractivity contribution in [1.82, 2.24) is 25.2 Å². The van der Waals surface area contributed by atoms with Gasteiger partial charge in [0, 0.05) is 45.3 Å². The van der Waals surface area contributed by atoms with Gasteiger partial charge in [-0.1, -0.05) is 41.9 Å². The van der Waals surface area contributed by atoms with Gasteiger partial charge in [-0.25, -0.2) is 9.97 Å². The van der Waals surface area contributed by atoms with Crippen molar-refractivity contribution in [3.05, 3.63) is 83.2 Å². The highest BCUT2D eigenvalue weighted by Crippen LogP contribution is 2.07. The van der Waals surface area contributed by atoms with E-state index in [-0.39, 0.29) is 24.0 Å². The fourth-order valence-electron chi connectivity index (χ4n) is 2.64. The van der Waals surface area contributed by atoms with E-state index in [2.05, 4.69) is 54.4 Å². The van der Waals surface area contributed by atoms with Crippen LogP contribution in [-0.4, -0.2) is 34.1 Å². The smallest absolute Gasteiger partial charge is 0.191 e. The number of guanidine groups is 1. The first-order valence-electron chi connectivity index (χ1n) is 8.81. The van der Waals surface area contributed by atoms with Gasteiger partial charge in [0.15, 0.2) is 5.96 Å². The number of hydrogen-bond donors (Lipinski definition) is 2. The van der Waals surface area contributed by atoms with Crippen molar-refractivity contribution < 1.29 is 0 Å². The quantitative estimate of drug-likeness (QED) is 0.221. The Morgan fingerprint density at radius 1 is 1.07 bits per heavy atom. The lowest BCUT2D eigenvalue weighted by molar-refractivity contribution is 0.787. The van der Waals surface area contributed by atoms with Crippen LogP contribution >= 0.6 is 35.6 Å². The number of hydrogen-bond acceptors (Lipinski definition) is 3. The number of benzene rings is 1. The largest absolute Gasteiger partial charge is 0.356 e. The number of aliphatic imine (C=N–C) groups is 1. The summed E-state index contributed by atoms with van der Waals surface area (Å²) in [4.78, 5) is 12.4. The average molecular weight is 511 g/mol. The van der Waals surface area contributed by atoms with Gasteiger partial charge in [-0.2, -0.15) is 0 Å². The molecule has 0 amide bonds. The van der Waals surface area contributed by atoms with Crippen LogP contribution in [0.25, 0.3) is 0 Å². The third-order valence-electron chi connectivity index (χ3n) is 4.13. The zero-order valence-electron chi connectivity index (χ0n) is 15.7. The zero-order valence-corrected chi connectivity index (χ0v) is 18.8. The maximum atomic E-state index is 5.80. The number of rotatable bonds is 7. The Bertz CT molecular complexity index is 847. The van der Waals surface area contributed by atoms with Crippen molar-refractivity contribution in [1.29, 1.82) is 0 Å². The predicted octanol–water partition coefficient (Wildman–Crippen LogP) is 3.51. The van der Waals surface area contributed by atoms with Crippen molar-refractivity contribution in [2.75, 3.05) is 13.6 Å². The van der Waals surface area contributed by atoms with Gasteiger partial charge < -0.3 is 15.2 Å². The SMILES string of the molecule is CN=C(NCCc1ccc(Cl)nc1)NCc1ccc(Cn2ccnc2)cc1.I. The average Bonchev–Trinajstić information content (AvgIpc) is 3.20. The minimum absolute atomic E-state index is 0. The summed E-state index contributed by atoms with van der Waals surface area (Å²) in [5, 5.41) is 7.16. The van der Waals surface area contributed by atoms with Crippen LogP contribution in [0.2, 0.25) is 5.15 Å². The van der Waals surface area contributed by atoms with E-state index in [9.17, 15) is 0 Å². The molecule has 0 spiro atoms. The highest BCUT2D eigenvalue weighted by atomic mass is 127. The third kappa shape index (κ3) is 7.12. The fraction of sp³-hybridized carbons (Fsp3) is 0.250. The molecule has 1 aromatic carbocycles. The van der Waals surface area contributed by atoms with E-state index in [1.807, 2.05) is 18.6 Å². The van der Waals surface area contributed by atoms with E-state index in [0.29, 0.717) is 11.7 Å². The van der Waals surface area contributed by atoms with Crippen LogP contribution in [0.1, 0.15) is 16.7 Å². The van der Waals surface area contributed by atoms with Crippen molar-refractivity contribution >= 4 is 41.5 Å². The standard InChI is InChI=1S/C20H23ClN6.HI/c1-22-20(24-9-8-17-6-7-19(21)25-12-17)26-13-16-2-4-18(5-3-16)14-27-11-10-23-15-27;/h2-7,10-12,15H,8-9,13-14H2,1H3,(H2,22,24,26);1H. The summed E-state index contributed by atoms with van der Waals surface area (Å²) in [5.41, 5.74) is 3.58. The van der Waals surface area contributed by atoms with E-state index < -0.39 is 0 Å². The molecule has 2 N–H and O–H groups in total. The Balaban J connectivity index is 0.00000280. The van der Waals surface area contributed by atoms with Gasteiger partial charge in [0.25, 0.3) is 0 Å². The van der Waals surface area contributed by atoms with Crippen LogP contribution < -0.4 is 10.6 Å². The van der Waals surface area contributed by atoms with Crippen molar-refractivity contribution in [2.24, 2.45) is 4.99 Å². The summed E-state index contributed by atoms with van der Waals surface area (Å²) in [6, 6.07) is 12.3. The number of nitrogens with one attached hydrogen (secondary N) is 2. The van der Waals surface area contributed by atoms with E-state index >= 15 is 0 Å². The lowest BCUT2D eigenvalue weighted by Crippen LogP contribution is -2.37. The molecule has 8 heteroatoms. The molecule has 0 aliphatic heterocycles. The molecule has 28 heavy (non-hydrogen) atoms. The lowest BCUT2D eigenvalue weighted by atomic mass is 10.1. The third-order valence-corrected chi connectivity index (χ3v) is 4.35. The van der Waals surface area contributed by atoms with Gasteiger partial charge in [-0.05, 0) is 29.2 Å². The molecule has 0 radical (unpaired) electrons. The molecule has 0 saturated carbocycles. The summed E-state index contributed by atoms with van der Waals surface area (Å²) >= 11 is 5.80. The van der Waals surface area contributed by atoms with Gasteiger partial charge in [0.1, 0.15) is 5.15 Å². The molecular weight excluding hydrogens is 487 g/mol. The number of pyridine rings is 1. The zero-order chi connectivity index (χ0) is 18.9. The van der Waals surface area contributed by atoms with Crippen LogP contribution in [0.5, 0.6) is 0 Å². The Kier molecular flexibility index (Phi) is 9.22. The number of imidazole rings is 1. The summed E-state index contributed by atoms with van der Waals surface area (Å²) < 4.78 is 2.05. The minimum Gasteiger partial charge on any atom is -0.356 e. The number of nitrogens with zero attached hydrogens (tertiary/aromatic N) is 4. The van der Waals surface area contributed by atoms with Gasteiger partial charge in [-0.15, -0.1) is 24.0 Å². The summed E-state index contributed by atoms with van der Waals surface area (Å²) in [5.74, 6) is 0.777. The van der Waals surface area contributed by atoms with Gasteiger partial charge >= 0.3 is 0 Å². The van der Waals surface area contributed by atoms with E-state index in [1.165, 1.54) is 11.1 Å². The monoisotopic (exact) mass is 510 g/mol. The van der Waals surface area contributed by atoms with Crippen LogP contribution in [-0.2, 0) is 19.5 Å². The minimum atomic E-state index is 0. The van der Waals surface area contributed by atoms with Gasteiger partial charge in [0.05, 0.1) is 6.33 Å². The molecule has 0 bridgehead atoms. The second kappa shape index (κ2) is 11.7. The lowest BCUT2D eigenvalue weighted by Gasteiger charge is -2.12. The molecule has 2 heterocycles. The molecule has 3 aromatic rings. The molecule has 0 aliphatic carbocycles. The molecule has 148 valence electrons. The highest BCUT2D eigenvalue weighted by molar-refractivity contribution is 14.0. The van der Waals surface area contributed by atoms with Crippen LogP contribution in [0.15, 0.2) is 66.3 Å². The fourth-order valence-corrected chi connectivity index (χ4v) is 2.75. The molecular formula is C20H24ClIN6. The van der Waals surface area contributed by atoms with Crippen molar-refractivity contribution in [3.8, 4) is 0 Å². The Morgan fingerprint density at radius 3 is 2.46 bits per heavy atom. The molecule has 2 aromatic heterocycles. The second-order valence-corrected chi connectivity index (χ2v) is 6.53. The van der Waals surface area contributed by atoms with Crippen molar-refractivity contribution in [3.63, 3.8) is 0 Å². The molecule has 3 rings (SSSR count). The van der Waals surface area contributed by atoms with Crippen molar-refractivity contribution in [2.45, 2.75) is 19.5 Å². The van der Waals surface area contributed by atoms with E-state index in [4.69, 9.17) is 11.6 Å². The molecule has 0 fully saturated rings. The van der Waals surface area contributed by atoms with Crippen LogP contribution in [0.3, 0.4) is 0 Å². The molecule has 6 nitrogen and oxygen atoms in total. The molecule has 0 atom stereocenters. The van der Waals surface area contributed by atoms with Gasteiger partial charge in [0.2, 0.25) is 0 Å². The Labute approximate surface area is 187 Å². The van der Waals surface area contributed by atoms with Gasteiger partial charge in [-0.3, -0.25) is 4.99 Å². The number of halogens is 2. The normalized spacial score (nSPS) is 11.0. The van der Waals surface area contributed by atoms with E-state index in [0.717, 1.165) is 31.0 Å². The number of aromatic nitrogens is 3. The first-order valence-corrected chi connectivity index (χ1v) is 9.19. The molecule has 0 saturated heterocycles. The topological polar surface area (TPSA) is 67.1 Å². The summed E-state index contributed by atoms with van der Waals surface area (Å²) in [6.07, 6.45) is 8.23. The summed E-state index contributed by atoms with van der Waals surface area (Å²) in [7, 11) is 1.77. The maximum absolute atomic E-state index is 5.80. The van der Waals surface area contributed by atoms with Crippen LogP contribution in [0, 0.1) is 0 Å². The Morgan fingerprint density at radius 2 is 1.82 bits per heavy atom. The Hall–Kier alpha value is -2.13. The van der Waals surface area contributed by atoms with E-state index in [1.54, 1.807) is 25.5 Å². The van der Waals surface area contributed by atoms with Crippen LogP contribution in [0.4, 0.5) is 0 Å². The first kappa shape index (κ1) is 22.2. The molecule has 0 unspecified atom stereocenters. The first-order chi connectivity index (χ1) is 13.2. The second-order valence-electron chi connectivity index (χ2n) is 6.14. The highest BCUT2D eigenvalue weighted by Gasteiger charge is 2.01.